The van der Waals surface area contributed by atoms with Gasteiger partial charge in [0.15, 0.2) is 5.03 Å². The molecule has 2 atom stereocenters. The summed E-state index contributed by atoms with van der Waals surface area (Å²) in [6, 6.07) is 0. The van der Waals surface area contributed by atoms with Crippen molar-refractivity contribution in [3.05, 3.63) is 12.5 Å². The van der Waals surface area contributed by atoms with Crippen molar-refractivity contribution < 1.29 is 8.42 Å². The molecule has 1 heterocycles. The second-order valence-electron chi connectivity index (χ2n) is 5.03. The lowest BCUT2D eigenvalue weighted by atomic mass is 9.74. The van der Waals surface area contributed by atoms with Crippen LogP contribution in [0.2, 0.25) is 0 Å². The highest BCUT2D eigenvalue weighted by atomic mass is 32.2. The van der Waals surface area contributed by atoms with Gasteiger partial charge in [-0.25, -0.2) is 18.1 Å². The summed E-state index contributed by atoms with van der Waals surface area (Å²) >= 11 is 0. The number of aromatic amines is 1. The molecule has 0 amide bonds. The van der Waals surface area contributed by atoms with E-state index in [0.717, 1.165) is 25.7 Å². The number of hydrogen-bond acceptors (Lipinski definition) is 4. The number of aromatic nitrogens is 2. The van der Waals surface area contributed by atoms with Crippen LogP contribution in [0.5, 0.6) is 0 Å². The standard InChI is InChI=1S/C11H20N4O2S/c1-9-4-2-3-5-11(9,7-12)15-18(16,17)10-6-13-8-14-10/h6,8-9,15H,2-5,7,12H2,1H3,(H,13,14). The molecule has 0 aromatic carbocycles. The maximum absolute atomic E-state index is 12.2. The molecule has 4 N–H and O–H groups in total. The summed E-state index contributed by atoms with van der Waals surface area (Å²) in [6.45, 7) is 2.38. The van der Waals surface area contributed by atoms with Gasteiger partial charge in [0.1, 0.15) is 0 Å². The molecule has 1 aliphatic rings. The molecular formula is C11H20N4O2S. The Kier molecular flexibility index (Phi) is 3.74. The third kappa shape index (κ3) is 2.43. The minimum Gasteiger partial charge on any atom is -0.335 e. The van der Waals surface area contributed by atoms with Gasteiger partial charge in [-0.3, -0.25) is 0 Å². The maximum atomic E-state index is 12.2. The Morgan fingerprint density at radius 2 is 2.39 bits per heavy atom. The molecule has 1 aliphatic carbocycles. The van der Waals surface area contributed by atoms with E-state index in [4.69, 9.17) is 5.73 Å². The molecule has 2 unspecified atom stereocenters. The second kappa shape index (κ2) is 4.99. The third-order valence-corrected chi connectivity index (χ3v) is 5.40. The molecular weight excluding hydrogens is 252 g/mol. The first-order valence-corrected chi connectivity index (χ1v) is 7.71. The molecule has 7 heteroatoms. The van der Waals surface area contributed by atoms with E-state index in [1.165, 1.54) is 12.5 Å². The lowest BCUT2D eigenvalue weighted by Crippen LogP contribution is -2.59. The average molecular weight is 272 g/mol. The third-order valence-electron chi connectivity index (χ3n) is 3.92. The Balaban J connectivity index is 2.25. The van der Waals surface area contributed by atoms with Crippen molar-refractivity contribution in [2.75, 3.05) is 6.54 Å². The van der Waals surface area contributed by atoms with Crippen molar-refractivity contribution in [3.63, 3.8) is 0 Å². The highest BCUT2D eigenvalue weighted by molar-refractivity contribution is 7.89. The lowest BCUT2D eigenvalue weighted by molar-refractivity contribution is 0.191. The molecule has 0 aliphatic heterocycles. The van der Waals surface area contributed by atoms with Gasteiger partial charge in [0, 0.05) is 12.1 Å². The van der Waals surface area contributed by atoms with Gasteiger partial charge >= 0.3 is 0 Å². The molecule has 1 aromatic heterocycles. The van der Waals surface area contributed by atoms with Crippen LogP contribution >= 0.6 is 0 Å². The maximum Gasteiger partial charge on any atom is 0.258 e. The summed E-state index contributed by atoms with van der Waals surface area (Å²) in [7, 11) is -3.57. The lowest BCUT2D eigenvalue weighted by Gasteiger charge is -2.42. The van der Waals surface area contributed by atoms with Gasteiger partial charge in [-0.1, -0.05) is 19.8 Å². The molecule has 0 saturated heterocycles. The topological polar surface area (TPSA) is 101 Å². The van der Waals surface area contributed by atoms with Crippen LogP contribution in [0, 0.1) is 5.92 Å². The van der Waals surface area contributed by atoms with Crippen LogP contribution in [-0.2, 0) is 10.0 Å². The van der Waals surface area contributed by atoms with Crippen LogP contribution in [0.1, 0.15) is 32.6 Å². The largest absolute Gasteiger partial charge is 0.335 e. The van der Waals surface area contributed by atoms with E-state index in [0.29, 0.717) is 6.54 Å². The molecule has 6 nitrogen and oxygen atoms in total. The van der Waals surface area contributed by atoms with E-state index in [9.17, 15) is 8.42 Å². The first-order valence-electron chi connectivity index (χ1n) is 6.22. The summed E-state index contributed by atoms with van der Waals surface area (Å²) in [4.78, 5) is 6.36. The molecule has 18 heavy (non-hydrogen) atoms. The number of hydrogen-bond donors (Lipinski definition) is 3. The van der Waals surface area contributed by atoms with E-state index in [-0.39, 0.29) is 10.9 Å². The van der Waals surface area contributed by atoms with Gasteiger partial charge in [-0.2, -0.15) is 0 Å². The summed E-state index contributed by atoms with van der Waals surface area (Å²) in [5.41, 5.74) is 5.31. The van der Waals surface area contributed by atoms with Crippen LogP contribution in [0.3, 0.4) is 0 Å². The Morgan fingerprint density at radius 1 is 1.61 bits per heavy atom. The van der Waals surface area contributed by atoms with E-state index in [2.05, 4.69) is 21.6 Å². The van der Waals surface area contributed by atoms with E-state index >= 15 is 0 Å². The summed E-state index contributed by atoms with van der Waals surface area (Å²) in [5, 5.41) is 0.0908. The minimum absolute atomic E-state index is 0.0908. The van der Waals surface area contributed by atoms with Crippen LogP contribution in [0.4, 0.5) is 0 Å². The smallest absolute Gasteiger partial charge is 0.258 e. The predicted molar refractivity (Wildman–Crippen MR) is 68.3 cm³/mol. The molecule has 0 bridgehead atoms. The van der Waals surface area contributed by atoms with Crippen molar-refractivity contribution in [2.24, 2.45) is 11.7 Å². The Bertz CT molecular complexity index is 485. The fourth-order valence-corrected chi connectivity index (χ4v) is 4.06. The Hall–Kier alpha value is -0.920. The van der Waals surface area contributed by atoms with Gasteiger partial charge < -0.3 is 10.7 Å². The molecule has 1 fully saturated rings. The van der Waals surface area contributed by atoms with Crippen LogP contribution in [-0.4, -0.2) is 30.5 Å². The first kappa shape index (κ1) is 13.5. The average Bonchev–Trinajstić information content (AvgIpc) is 2.86. The summed E-state index contributed by atoms with van der Waals surface area (Å²) < 4.78 is 27.3. The number of H-pyrrole nitrogens is 1. The predicted octanol–water partition coefficient (Wildman–Crippen LogP) is 0.596. The van der Waals surface area contributed by atoms with E-state index in [1.807, 2.05) is 0 Å². The number of nitrogens with zero attached hydrogens (tertiary/aromatic N) is 1. The van der Waals surface area contributed by atoms with E-state index < -0.39 is 15.6 Å². The van der Waals surface area contributed by atoms with Gasteiger partial charge in [0.25, 0.3) is 10.0 Å². The highest BCUT2D eigenvalue weighted by Crippen LogP contribution is 2.33. The zero-order valence-corrected chi connectivity index (χ0v) is 11.3. The zero-order valence-electron chi connectivity index (χ0n) is 10.5. The molecule has 102 valence electrons. The number of rotatable bonds is 4. The number of sulfonamides is 1. The van der Waals surface area contributed by atoms with Gasteiger partial charge in [-0.05, 0) is 18.8 Å². The Morgan fingerprint density at radius 3 is 2.94 bits per heavy atom. The van der Waals surface area contributed by atoms with Crippen LogP contribution < -0.4 is 10.5 Å². The molecule has 2 rings (SSSR count). The van der Waals surface area contributed by atoms with Crippen molar-refractivity contribution in [3.8, 4) is 0 Å². The first-order chi connectivity index (χ1) is 8.50. The fourth-order valence-electron chi connectivity index (χ4n) is 2.62. The van der Waals surface area contributed by atoms with Gasteiger partial charge in [0.05, 0.1) is 12.5 Å². The van der Waals surface area contributed by atoms with Gasteiger partial charge in [0.2, 0.25) is 0 Å². The fraction of sp³-hybridized carbons (Fsp3) is 0.727. The summed E-state index contributed by atoms with van der Waals surface area (Å²) in [5.74, 6) is 0.244. The zero-order chi connectivity index (χ0) is 13.2. The normalized spacial score (nSPS) is 29.3. The molecule has 0 spiro atoms. The molecule has 1 saturated carbocycles. The van der Waals surface area contributed by atoms with E-state index in [1.54, 1.807) is 0 Å². The van der Waals surface area contributed by atoms with Crippen molar-refractivity contribution in [1.29, 1.82) is 0 Å². The van der Waals surface area contributed by atoms with Crippen molar-refractivity contribution in [2.45, 2.75) is 43.2 Å². The molecule has 0 radical (unpaired) electrons. The SMILES string of the molecule is CC1CCCCC1(CN)NS(=O)(=O)c1cnc[nH]1. The molecule has 1 aromatic rings. The Labute approximate surface area is 107 Å². The van der Waals surface area contributed by atoms with Crippen molar-refractivity contribution >= 4 is 10.0 Å². The van der Waals surface area contributed by atoms with Gasteiger partial charge in [-0.15, -0.1) is 0 Å². The minimum atomic E-state index is -3.57. The second-order valence-corrected chi connectivity index (χ2v) is 6.68. The monoisotopic (exact) mass is 272 g/mol. The highest BCUT2D eigenvalue weighted by Gasteiger charge is 2.40. The van der Waals surface area contributed by atoms with Crippen LogP contribution in [0.15, 0.2) is 17.6 Å². The number of nitrogens with two attached hydrogens (primary N) is 1. The number of nitrogens with one attached hydrogen (secondary N) is 2. The number of imidazole rings is 1. The van der Waals surface area contributed by atoms with Crippen molar-refractivity contribution in [1.82, 2.24) is 14.7 Å². The van der Waals surface area contributed by atoms with Crippen LogP contribution in [0.25, 0.3) is 0 Å². The quantitative estimate of drug-likeness (QED) is 0.747. The summed E-state index contributed by atoms with van der Waals surface area (Å²) in [6.07, 6.45) is 6.59.